The third-order valence-corrected chi connectivity index (χ3v) is 4.66. The predicted molar refractivity (Wildman–Crippen MR) is 83.5 cm³/mol. The molecule has 1 aromatic heterocycles. The first-order valence-corrected chi connectivity index (χ1v) is 8.06. The maximum Gasteiger partial charge on any atom is 0.158 e. The van der Waals surface area contributed by atoms with Gasteiger partial charge in [-0.15, -0.1) is 0 Å². The molecule has 6 heteroatoms. The Morgan fingerprint density at radius 1 is 1.05 bits per heavy atom. The Balaban J connectivity index is 1.42. The van der Waals surface area contributed by atoms with Crippen LogP contribution in [0.4, 0.5) is 5.82 Å². The van der Waals surface area contributed by atoms with Crippen molar-refractivity contribution in [3.05, 3.63) is 18.1 Å². The van der Waals surface area contributed by atoms with Crippen LogP contribution in [0.3, 0.4) is 0 Å². The van der Waals surface area contributed by atoms with E-state index in [1.54, 1.807) is 6.20 Å². The molecule has 0 aromatic carbocycles. The summed E-state index contributed by atoms with van der Waals surface area (Å²) in [4.78, 5) is 13.7. The molecule has 1 aromatic rings. The Kier molecular flexibility index (Phi) is 5.00. The number of aromatic nitrogens is 2. The number of hydrogen-bond donors (Lipinski definition) is 2. The van der Waals surface area contributed by atoms with Gasteiger partial charge in [0.1, 0.15) is 0 Å². The van der Waals surface area contributed by atoms with Crippen LogP contribution in [-0.4, -0.2) is 52.5 Å². The second-order valence-corrected chi connectivity index (χ2v) is 6.26. The van der Waals surface area contributed by atoms with E-state index in [2.05, 4.69) is 25.2 Å². The van der Waals surface area contributed by atoms with Crippen LogP contribution in [0.25, 0.3) is 0 Å². The fourth-order valence-electron chi connectivity index (χ4n) is 3.40. The van der Waals surface area contributed by atoms with Crippen molar-refractivity contribution in [2.75, 3.05) is 38.1 Å². The van der Waals surface area contributed by atoms with Crippen molar-refractivity contribution in [2.45, 2.75) is 32.2 Å². The van der Waals surface area contributed by atoms with Gasteiger partial charge in [0.25, 0.3) is 0 Å². The smallest absolute Gasteiger partial charge is 0.158 e. The highest BCUT2D eigenvalue weighted by Crippen LogP contribution is 2.21. The molecule has 2 aliphatic heterocycles. The minimum atomic E-state index is 0.614. The third-order valence-electron chi connectivity index (χ3n) is 4.66. The molecular weight excluding hydrogens is 264 g/mol. The monoisotopic (exact) mass is 290 g/mol. The number of likely N-dealkylation sites (tertiary alicyclic amines) is 2. The normalized spacial score (nSPS) is 21.8. The molecule has 3 rings (SSSR count). The second-order valence-electron chi connectivity index (χ2n) is 6.26. The molecule has 0 saturated carbocycles. The summed E-state index contributed by atoms with van der Waals surface area (Å²) in [6.45, 7) is 7.20. The van der Waals surface area contributed by atoms with Crippen molar-refractivity contribution in [2.24, 2.45) is 11.8 Å². The van der Waals surface area contributed by atoms with Gasteiger partial charge in [0.05, 0.1) is 18.1 Å². The summed E-state index contributed by atoms with van der Waals surface area (Å²) in [6.07, 6.45) is 8.91. The maximum absolute atomic E-state index is 5.30. The van der Waals surface area contributed by atoms with Crippen LogP contribution in [-0.2, 0) is 6.54 Å². The molecule has 2 fully saturated rings. The lowest BCUT2D eigenvalue weighted by molar-refractivity contribution is 0.147. The summed E-state index contributed by atoms with van der Waals surface area (Å²) in [5.74, 6) is 6.80. The maximum atomic E-state index is 5.30. The van der Waals surface area contributed by atoms with Gasteiger partial charge in [-0.3, -0.25) is 9.88 Å². The number of anilines is 1. The number of rotatable bonds is 5. The van der Waals surface area contributed by atoms with E-state index in [1.165, 1.54) is 58.4 Å². The van der Waals surface area contributed by atoms with E-state index >= 15 is 0 Å². The highest BCUT2D eigenvalue weighted by molar-refractivity contribution is 5.28. The highest BCUT2D eigenvalue weighted by Gasteiger charge is 2.22. The summed E-state index contributed by atoms with van der Waals surface area (Å²) in [7, 11) is 0. The topological polar surface area (TPSA) is 70.3 Å². The summed E-state index contributed by atoms with van der Waals surface area (Å²) < 4.78 is 0. The van der Waals surface area contributed by atoms with Crippen molar-refractivity contribution in [3.8, 4) is 0 Å². The minimum Gasteiger partial charge on any atom is -0.307 e. The van der Waals surface area contributed by atoms with Gasteiger partial charge in [0.15, 0.2) is 5.82 Å². The minimum absolute atomic E-state index is 0.614. The standard InChI is InChI=1S/C15H26N6/c16-19-15-10-17-14(9-18-15)12-21-7-3-13(4-8-21)11-20-5-1-2-6-20/h9-10,13H,1-8,11-12,16H2,(H,18,19). The fourth-order valence-corrected chi connectivity index (χ4v) is 3.40. The molecular formula is C15H26N6. The van der Waals surface area contributed by atoms with Crippen LogP contribution < -0.4 is 11.3 Å². The molecule has 0 unspecified atom stereocenters. The van der Waals surface area contributed by atoms with Gasteiger partial charge in [-0.25, -0.2) is 10.8 Å². The molecule has 3 heterocycles. The quantitative estimate of drug-likeness (QED) is 0.624. The molecule has 2 saturated heterocycles. The fraction of sp³-hybridized carbons (Fsp3) is 0.733. The summed E-state index contributed by atoms with van der Waals surface area (Å²) >= 11 is 0. The molecule has 0 spiro atoms. The van der Waals surface area contributed by atoms with Crippen LogP contribution >= 0.6 is 0 Å². The molecule has 116 valence electrons. The van der Waals surface area contributed by atoms with Crippen molar-refractivity contribution < 1.29 is 0 Å². The molecule has 3 N–H and O–H groups in total. The van der Waals surface area contributed by atoms with Gasteiger partial charge in [0, 0.05) is 13.1 Å². The van der Waals surface area contributed by atoms with Gasteiger partial charge < -0.3 is 10.3 Å². The number of piperidine rings is 1. The van der Waals surface area contributed by atoms with Crippen molar-refractivity contribution in [1.29, 1.82) is 0 Å². The third kappa shape index (κ3) is 4.12. The Morgan fingerprint density at radius 3 is 2.43 bits per heavy atom. The zero-order valence-corrected chi connectivity index (χ0v) is 12.7. The number of nitrogens with one attached hydrogen (secondary N) is 1. The van der Waals surface area contributed by atoms with Gasteiger partial charge in [-0.05, 0) is 57.8 Å². The lowest BCUT2D eigenvalue weighted by Crippen LogP contribution is -2.37. The summed E-state index contributed by atoms with van der Waals surface area (Å²) in [6, 6.07) is 0. The van der Waals surface area contributed by atoms with E-state index in [0.29, 0.717) is 5.82 Å². The van der Waals surface area contributed by atoms with Crippen molar-refractivity contribution in [1.82, 2.24) is 19.8 Å². The SMILES string of the molecule is NNc1cnc(CN2CCC(CN3CCCC3)CC2)cn1. The lowest BCUT2D eigenvalue weighted by Gasteiger charge is -2.33. The van der Waals surface area contributed by atoms with E-state index in [1.807, 2.05) is 6.20 Å². The van der Waals surface area contributed by atoms with E-state index in [4.69, 9.17) is 5.84 Å². The van der Waals surface area contributed by atoms with Crippen LogP contribution in [0.5, 0.6) is 0 Å². The molecule has 0 aliphatic carbocycles. The van der Waals surface area contributed by atoms with Crippen molar-refractivity contribution in [3.63, 3.8) is 0 Å². The first-order chi connectivity index (χ1) is 10.3. The van der Waals surface area contributed by atoms with Gasteiger partial charge in [-0.2, -0.15) is 0 Å². The van der Waals surface area contributed by atoms with Crippen LogP contribution in [0.2, 0.25) is 0 Å². The van der Waals surface area contributed by atoms with E-state index < -0.39 is 0 Å². The number of nitrogen functional groups attached to an aromatic ring is 1. The molecule has 0 radical (unpaired) electrons. The first kappa shape index (κ1) is 14.7. The van der Waals surface area contributed by atoms with Gasteiger partial charge in [0.2, 0.25) is 0 Å². The van der Waals surface area contributed by atoms with E-state index in [-0.39, 0.29) is 0 Å². The Morgan fingerprint density at radius 2 is 1.81 bits per heavy atom. The van der Waals surface area contributed by atoms with Gasteiger partial charge >= 0.3 is 0 Å². The number of hydrogen-bond acceptors (Lipinski definition) is 6. The largest absolute Gasteiger partial charge is 0.307 e. The van der Waals surface area contributed by atoms with Crippen LogP contribution in [0, 0.1) is 5.92 Å². The highest BCUT2D eigenvalue weighted by atomic mass is 15.3. The Labute approximate surface area is 126 Å². The average Bonchev–Trinajstić information content (AvgIpc) is 3.03. The number of hydrazine groups is 1. The predicted octanol–water partition coefficient (Wildman–Crippen LogP) is 1.07. The van der Waals surface area contributed by atoms with Crippen molar-refractivity contribution >= 4 is 5.82 Å². The van der Waals surface area contributed by atoms with E-state index in [9.17, 15) is 0 Å². The molecule has 2 aliphatic rings. The molecule has 0 amide bonds. The van der Waals surface area contributed by atoms with Gasteiger partial charge in [-0.1, -0.05) is 0 Å². The summed E-state index contributed by atoms with van der Waals surface area (Å²) in [5.41, 5.74) is 3.53. The molecule has 6 nitrogen and oxygen atoms in total. The van der Waals surface area contributed by atoms with E-state index in [0.717, 1.165) is 18.2 Å². The number of nitrogens with two attached hydrogens (primary N) is 1. The Bertz CT molecular complexity index is 420. The number of nitrogens with zero attached hydrogens (tertiary/aromatic N) is 4. The molecule has 21 heavy (non-hydrogen) atoms. The molecule has 0 atom stereocenters. The zero-order valence-electron chi connectivity index (χ0n) is 12.7. The lowest BCUT2D eigenvalue weighted by atomic mass is 9.96. The average molecular weight is 290 g/mol. The first-order valence-electron chi connectivity index (χ1n) is 8.06. The van der Waals surface area contributed by atoms with Crippen LogP contribution in [0.1, 0.15) is 31.4 Å². The Hall–Kier alpha value is -1.24. The second kappa shape index (κ2) is 7.15. The van der Waals surface area contributed by atoms with Crippen LogP contribution in [0.15, 0.2) is 12.4 Å². The summed E-state index contributed by atoms with van der Waals surface area (Å²) in [5, 5.41) is 0. The molecule has 0 bridgehead atoms. The zero-order chi connectivity index (χ0) is 14.5.